The van der Waals surface area contributed by atoms with E-state index in [1.165, 1.54) is 0 Å². The van der Waals surface area contributed by atoms with Crippen LogP contribution in [0.5, 0.6) is 5.75 Å². The fraction of sp³-hybridized carbons (Fsp3) is 0.167. The van der Waals surface area contributed by atoms with Crippen molar-refractivity contribution in [1.82, 2.24) is 5.32 Å². The highest BCUT2D eigenvalue weighted by Gasteiger charge is 2.24. The van der Waals surface area contributed by atoms with Gasteiger partial charge in [-0.25, -0.2) is 0 Å². The number of nitrogens with one attached hydrogen (secondary N) is 1. The zero-order valence-corrected chi connectivity index (χ0v) is 10.2. The summed E-state index contributed by atoms with van der Waals surface area (Å²) in [7, 11) is 0. The number of amides is 2. The monoisotopic (exact) mass is 265 g/mol. The summed E-state index contributed by atoms with van der Waals surface area (Å²) in [6.07, 6.45) is 1.64. The molecule has 0 unspecified atom stereocenters. The van der Waals surface area contributed by atoms with Crippen molar-refractivity contribution in [2.24, 2.45) is 0 Å². The Morgan fingerprint density at radius 3 is 2.56 bits per heavy atom. The van der Waals surface area contributed by atoms with Crippen LogP contribution in [0.1, 0.15) is 5.56 Å². The molecule has 2 amide bonds. The van der Waals surface area contributed by atoms with Crippen molar-refractivity contribution in [3.63, 3.8) is 0 Å². The Hall–Kier alpha value is -1.79. The highest BCUT2D eigenvalue weighted by atomic mass is 32.2. The smallest absolute Gasteiger partial charge is 0.290 e. The summed E-state index contributed by atoms with van der Waals surface area (Å²) >= 11 is 0.884. The van der Waals surface area contributed by atoms with Crippen LogP contribution in [0.3, 0.4) is 0 Å². The first kappa shape index (κ1) is 12.7. The maximum absolute atomic E-state index is 11.3. The molecule has 1 aliphatic heterocycles. The number of rotatable bonds is 4. The Kier molecular flexibility index (Phi) is 4.01. The number of imide groups is 1. The quantitative estimate of drug-likeness (QED) is 0.804. The van der Waals surface area contributed by atoms with Crippen molar-refractivity contribution in [2.75, 3.05) is 13.2 Å². The molecule has 94 valence electrons. The van der Waals surface area contributed by atoms with Gasteiger partial charge in [0.1, 0.15) is 12.4 Å². The molecule has 0 saturated carbocycles. The van der Waals surface area contributed by atoms with Crippen molar-refractivity contribution >= 4 is 29.0 Å². The lowest BCUT2D eigenvalue weighted by molar-refractivity contribution is -0.115. The zero-order valence-electron chi connectivity index (χ0n) is 9.38. The van der Waals surface area contributed by atoms with E-state index in [1.807, 2.05) is 0 Å². The normalized spacial score (nSPS) is 17.1. The molecule has 2 rings (SSSR count). The van der Waals surface area contributed by atoms with E-state index in [0.29, 0.717) is 10.7 Å². The predicted octanol–water partition coefficient (Wildman–Crippen LogP) is 1.38. The second-order valence-corrected chi connectivity index (χ2v) is 4.51. The highest BCUT2D eigenvalue weighted by molar-refractivity contribution is 8.18. The molecule has 18 heavy (non-hydrogen) atoms. The van der Waals surface area contributed by atoms with E-state index in [4.69, 9.17) is 9.84 Å². The highest BCUT2D eigenvalue weighted by Crippen LogP contribution is 2.26. The maximum atomic E-state index is 11.3. The number of hydrogen-bond donors (Lipinski definition) is 2. The number of carbonyl (C=O) groups excluding carboxylic acids is 2. The number of aliphatic hydroxyl groups is 1. The van der Waals surface area contributed by atoms with Crippen LogP contribution in [0, 0.1) is 0 Å². The summed E-state index contributed by atoms with van der Waals surface area (Å²) in [5, 5.41) is 10.5. The standard InChI is InChI=1S/C12H11NO4S/c14-5-6-17-9-3-1-8(2-4-9)7-10-11(15)13-12(16)18-10/h1-4,7,14H,5-6H2,(H,13,15,16)/b10-7-. The molecule has 0 atom stereocenters. The minimum absolute atomic E-state index is 0.0370. The Morgan fingerprint density at radius 1 is 1.28 bits per heavy atom. The third-order valence-electron chi connectivity index (χ3n) is 2.18. The molecule has 2 N–H and O–H groups in total. The van der Waals surface area contributed by atoms with E-state index in [2.05, 4.69) is 5.32 Å². The summed E-state index contributed by atoms with van der Waals surface area (Å²) in [5.74, 6) is 0.274. The second kappa shape index (κ2) is 5.70. The summed E-state index contributed by atoms with van der Waals surface area (Å²) in [6.45, 7) is 0.206. The second-order valence-electron chi connectivity index (χ2n) is 3.49. The Labute approximate surface area is 108 Å². The third-order valence-corrected chi connectivity index (χ3v) is 2.99. The number of benzene rings is 1. The summed E-state index contributed by atoms with van der Waals surface area (Å²) in [5.41, 5.74) is 0.804. The number of carbonyl (C=O) groups is 2. The van der Waals surface area contributed by atoms with Crippen LogP contribution >= 0.6 is 11.8 Å². The summed E-state index contributed by atoms with van der Waals surface area (Å²) < 4.78 is 5.21. The van der Waals surface area contributed by atoms with Gasteiger partial charge in [0.15, 0.2) is 0 Å². The molecule has 1 aliphatic rings. The molecule has 1 fully saturated rings. The molecule has 1 aromatic carbocycles. The van der Waals surface area contributed by atoms with Crippen molar-refractivity contribution in [3.8, 4) is 5.75 Å². The van der Waals surface area contributed by atoms with Crippen LogP contribution in [-0.4, -0.2) is 29.5 Å². The van der Waals surface area contributed by atoms with Gasteiger partial charge in [-0.15, -0.1) is 0 Å². The SMILES string of the molecule is O=C1NC(=O)/C(=C/c2ccc(OCCO)cc2)S1. The van der Waals surface area contributed by atoms with Gasteiger partial charge < -0.3 is 9.84 Å². The average molecular weight is 265 g/mol. The van der Waals surface area contributed by atoms with Gasteiger partial charge in [0.05, 0.1) is 11.5 Å². The van der Waals surface area contributed by atoms with Gasteiger partial charge in [-0.3, -0.25) is 14.9 Å². The number of aliphatic hydroxyl groups excluding tert-OH is 1. The largest absolute Gasteiger partial charge is 0.491 e. The molecule has 6 heteroatoms. The number of hydrogen-bond acceptors (Lipinski definition) is 5. The molecule has 1 aromatic rings. The fourth-order valence-electron chi connectivity index (χ4n) is 1.40. The van der Waals surface area contributed by atoms with Crippen LogP contribution in [0.2, 0.25) is 0 Å². The van der Waals surface area contributed by atoms with Crippen LogP contribution in [0.4, 0.5) is 4.79 Å². The van der Waals surface area contributed by atoms with Gasteiger partial charge in [-0.05, 0) is 35.5 Å². The van der Waals surface area contributed by atoms with Gasteiger partial charge in [0, 0.05) is 0 Å². The van der Waals surface area contributed by atoms with Crippen LogP contribution in [0.15, 0.2) is 29.2 Å². The molecule has 0 spiro atoms. The first-order valence-electron chi connectivity index (χ1n) is 5.27. The van der Waals surface area contributed by atoms with Crippen LogP contribution in [-0.2, 0) is 4.79 Å². The summed E-state index contributed by atoms with van der Waals surface area (Å²) in [6, 6.07) is 7.02. The molecule has 0 bridgehead atoms. The van der Waals surface area contributed by atoms with Gasteiger partial charge in [0.25, 0.3) is 11.1 Å². The lowest BCUT2D eigenvalue weighted by Crippen LogP contribution is -2.17. The topological polar surface area (TPSA) is 75.6 Å². The molecule has 0 aliphatic carbocycles. The fourth-order valence-corrected chi connectivity index (χ4v) is 2.08. The van der Waals surface area contributed by atoms with Crippen molar-refractivity contribution in [1.29, 1.82) is 0 Å². The molecule has 1 heterocycles. The van der Waals surface area contributed by atoms with Gasteiger partial charge in [-0.1, -0.05) is 12.1 Å². The zero-order chi connectivity index (χ0) is 13.0. The summed E-state index contributed by atoms with van der Waals surface area (Å²) in [4.78, 5) is 22.7. The van der Waals surface area contributed by atoms with Gasteiger partial charge >= 0.3 is 0 Å². The number of thioether (sulfide) groups is 1. The van der Waals surface area contributed by atoms with Gasteiger partial charge in [-0.2, -0.15) is 0 Å². The van der Waals surface area contributed by atoms with Crippen molar-refractivity contribution in [3.05, 3.63) is 34.7 Å². The average Bonchev–Trinajstić information content (AvgIpc) is 2.67. The molecular formula is C12H11NO4S. The van der Waals surface area contributed by atoms with Gasteiger partial charge in [0.2, 0.25) is 0 Å². The minimum atomic E-state index is -0.370. The van der Waals surface area contributed by atoms with E-state index in [9.17, 15) is 9.59 Å². The lowest BCUT2D eigenvalue weighted by atomic mass is 10.2. The first-order chi connectivity index (χ1) is 8.69. The van der Waals surface area contributed by atoms with Crippen LogP contribution in [0.25, 0.3) is 6.08 Å². The van der Waals surface area contributed by atoms with E-state index >= 15 is 0 Å². The molecule has 0 radical (unpaired) electrons. The Balaban J connectivity index is 2.08. The predicted molar refractivity (Wildman–Crippen MR) is 68.1 cm³/mol. The van der Waals surface area contributed by atoms with Crippen molar-refractivity contribution in [2.45, 2.75) is 0 Å². The van der Waals surface area contributed by atoms with E-state index in [-0.39, 0.29) is 24.4 Å². The number of ether oxygens (including phenoxy) is 1. The van der Waals surface area contributed by atoms with E-state index in [0.717, 1.165) is 17.3 Å². The maximum Gasteiger partial charge on any atom is 0.290 e. The van der Waals surface area contributed by atoms with Crippen LogP contribution < -0.4 is 10.1 Å². The first-order valence-corrected chi connectivity index (χ1v) is 6.09. The molecular weight excluding hydrogens is 254 g/mol. The molecule has 1 saturated heterocycles. The minimum Gasteiger partial charge on any atom is -0.491 e. The Bertz CT molecular complexity index is 495. The van der Waals surface area contributed by atoms with E-state index in [1.54, 1.807) is 30.3 Å². The third kappa shape index (κ3) is 3.12. The molecule has 5 nitrogen and oxygen atoms in total. The molecule has 0 aromatic heterocycles. The van der Waals surface area contributed by atoms with E-state index < -0.39 is 0 Å². The van der Waals surface area contributed by atoms with Crippen molar-refractivity contribution < 1.29 is 19.4 Å². The lowest BCUT2D eigenvalue weighted by Gasteiger charge is -2.03. The Morgan fingerprint density at radius 2 is 2.00 bits per heavy atom.